The van der Waals surface area contributed by atoms with Gasteiger partial charge < -0.3 is 10.1 Å². The number of nitrogens with zero attached hydrogens (tertiary/aromatic N) is 3. The van der Waals surface area contributed by atoms with Crippen LogP contribution in [0.1, 0.15) is 16.2 Å². The van der Waals surface area contributed by atoms with Crippen LogP contribution < -0.4 is 10.1 Å². The number of halogens is 5. The molecule has 0 fully saturated rings. The first-order valence-electron chi connectivity index (χ1n) is 9.05. The lowest BCUT2D eigenvalue weighted by Gasteiger charge is -2.11. The van der Waals surface area contributed by atoms with E-state index in [9.17, 15) is 18.0 Å². The Balaban J connectivity index is 1.78. The monoisotopic (exact) mass is 480 g/mol. The summed E-state index contributed by atoms with van der Waals surface area (Å²) in [5, 5.41) is 6.62. The number of ether oxygens (including phenoxy) is 1. The lowest BCUT2D eigenvalue weighted by atomic mass is 10.1. The van der Waals surface area contributed by atoms with Crippen LogP contribution in [0.25, 0.3) is 16.9 Å². The summed E-state index contributed by atoms with van der Waals surface area (Å²) < 4.78 is 46.9. The molecule has 1 N–H and O–H groups in total. The Labute approximate surface area is 189 Å². The zero-order chi connectivity index (χ0) is 23.0. The Morgan fingerprint density at radius 3 is 2.47 bits per heavy atom. The first-order valence-corrected chi connectivity index (χ1v) is 9.81. The van der Waals surface area contributed by atoms with E-state index in [0.29, 0.717) is 15.8 Å². The molecule has 0 spiro atoms. The maximum absolute atomic E-state index is 13.7. The van der Waals surface area contributed by atoms with Gasteiger partial charge in [0, 0.05) is 11.6 Å². The second-order valence-corrected chi connectivity index (χ2v) is 7.39. The Morgan fingerprint density at radius 1 is 1.09 bits per heavy atom. The van der Waals surface area contributed by atoms with Crippen molar-refractivity contribution in [3.05, 3.63) is 76.0 Å². The predicted octanol–water partition coefficient (Wildman–Crippen LogP) is 5.98. The third kappa shape index (κ3) is 4.21. The molecule has 164 valence electrons. The van der Waals surface area contributed by atoms with E-state index in [1.165, 1.54) is 19.2 Å². The molecule has 0 radical (unpaired) electrons. The van der Waals surface area contributed by atoms with Crippen LogP contribution in [0.2, 0.25) is 10.0 Å². The van der Waals surface area contributed by atoms with E-state index >= 15 is 0 Å². The lowest BCUT2D eigenvalue weighted by Crippen LogP contribution is -2.16. The average Bonchev–Trinajstić information content (AvgIpc) is 3.20. The normalized spacial score (nSPS) is 11.6. The fraction of sp³-hybridized carbons (Fsp3) is 0.0952. The summed E-state index contributed by atoms with van der Waals surface area (Å²) in [6.07, 6.45) is -4.74. The van der Waals surface area contributed by atoms with Crippen molar-refractivity contribution in [1.29, 1.82) is 0 Å². The summed E-state index contributed by atoms with van der Waals surface area (Å²) in [4.78, 5) is 16.9. The SMILES string of the molecule is COc1ccc(-c2cc(C(F)(F)F)n3nc(C(=O)Nc4cccc(Cl)c4Cl)cc3n2)cc1. The second kappa shape index (κ2) is 8.33. The van der Waals surface area contributed by atoms with Crippen LogP contribution in [-0.2, 0) is 6.18 Å². The molecule has 0 bridgehead atoms. The number of hydrogen-bond acceptors (Lipinski definition) is 4. The minimum atomic E-state index is -4.74. The van der Waals surface area contributed by atoms with Gasteiger partial charge in [0.25, 0.3) is 5.91 Å². The molecule has 0 aliphatic heterocycles. The summed E-state index contributed by atoms with van der Waals surface area (Å²) in [6.45, 7) is 0. The maximum Gasteiger partial charge on any atom is 0.433 e. The standard InChI is InChI=1S/C21H13Cl2F3N4O2/c1-32-12-7-5-11(6-8-12)15-9-17(21(24,25)26)30-18(27-15)10-16(29-30)20(31)28-14-4-2-3-13(22)19(14)23/h2-10H,1H3,(H,28,31). The number of benzene rings is 2. The van der Waals surface area contributed by atoms with Crippen LogP contribution in [0.5, 0.6) is 5.75 Å². The molecule has 0 aliphatic carbocycles. The van der Waals surface area contributed by atoms with Crippen molar-refractivity contribution >= 4 is 40.4 Å². The molecule has 0 unspecified atom stereocenters. The van der Waals surface area contributed by atoms with Gasteiger partial charge in [-0.1, -0.05) is 29.3 Å². The van der Waals surface area contributed by atoms with Gasteiger partial charge in [0.05, 0.1) is 28.5 Å². The molecule has 2 aromatic carbocycles. The Hall–Kier alpha value is -3.30. The van der Waals surface area contributed by atoms with Crippen LogP contribution in [0.3, 0.4) is 0 Å². The largest absolute Gasteiger partial charge is 0.497 e. The van der Waals surface area contributed by atoms with Crippen molar-refractivity contribution in [2.24, 2.45) is 0 Å². The van der Waals surface area contributed by atoms with E-state index in [1.54, 1.807) is 30.3 Å². The van der Waals surface area contributed by atoms with Crippen molar-refractivity contribution in [2.75, 3.05) is 12.4 Å². The zero-order valence-corrected chi connectivity index (χ0v) is 17.8. The molecule has 0 saturated carbocycles. The average molecular weight is 481 g/mol. The number of fused-ring (bicyclic) bond motifs is 1. The molecule has 0 saturated heterocycles. The van der Waals surface area contributed by atoms with E-state index in [0.717, 1.165) is 12.1 Å². The predicted molar refractivity (Wildman–Crippen MR) is 114 cm³/mol. The molecular weight excluding hydrogens is 468 g/mol. The second-order valence-electron chi connectivity index (χ2n) is 6.61. The van der Waals surface area contributed by atoms with Crippen molar-refractivity contribution in [1.82, 2.24) is 14.6 Å². The minimum Gasteiger partial charge on any atom is -0.497 e. The van der Waals surface area contributed by atoms with Gasteiger partial charge in [-0.2, -0.15) is 18.3 Å². The summed E-state index contributed by atoms with van der Waals surface area (Å²) in [7, 11) is 1.48. The van der Waals surface area contributed by atoms with E-state index < -0.39 is 17.8 Å². The molecule has 4 aromatic rings. The van der Waals surface area contributed by atoms with Gasteiger partial charge in [-0.3, -0.25) is 4.79 Å². The molecule has 0 atom stereocenters. The summed E-state index contributed by atoms with van der Waals surface area (Å²) in [5.41, 5.74) is -0.787. The van der Waals surface area contributed by atoms with Crippen LogP contribution in [0.4, 0.5) is 18.9 Å². The van der Waals surface area contributed by atoms with E-state index in [4.69, 9.17) is 27.9 Å². The smallest absolute Gasteiger partial charge is 0.433 e. The molecule has 1 amide bonds. The van der Waals surface area contributed by atoms with Crippen LogP contribution >= 0.6 is 23.2 Å². The number of alkyl halides is 3. The number of anilines is 1. The number of nitrogens with one attached hydrogen (secondary N) is 1. The number of methoxy groups -OCH3 is 1. The van der Waals surface area contributed by atoms with E-state index in [2.05, 4.69) is 15.4 Å². The third-order valence-electron chi connectivity index (χ3n) is 4.54. The molecule has 2 aromatic heterocycles. The van der Waals surface area contributed by atoms with Gasteiger partial charge in [-0.15, -0.1) is 0 Å². The molecule has 11 heteroatoms. The molecule has 0 aliphatic rings. The molecular formula is C21H13Cl2F3N4O2. The molecule has 32 heavy (non-hydrogen) atoms. The number of carbonyl (C=O) groups excluding carboxylic acids is 1. The highest BCUT2D eigenvalue weighted by atomic mass is 35.5. The van der Waals surface area contributed by atoms with Crippen LogP contribution in [-0.4, -0.2) is 27.6 Å². The van der Waals surface area contributed by atoms with Gasteiger partial charge in [-0.05, 0) is 42.5 Å². The van der Waals surface area contributed by atoms with Gasteiger partial charge in [0.2, 0.25) is 0 Å². The molecule has 6 nitrogen and oxygen atoms in total. The maximum atomic E-state index is 13.7. The third-order valence-corrected chi connectivity index (χ3v) is 5.35. The van der Waals surface area contributed by atoms with Crippen LogP contribution in [0.15, 0.2) is 54.6 Å². The topological polar surface area (TPSA) is 68.5 Å². The quantitative estimate of drug-likeness (QED) is 0.389. The number of rotatable bonds is 4. The van der Waals surface area contributed by atoms with E-state index in [-0.39, 0.29) is 32.8 Å². The number of carbonyl (C=O) groups is 1. The first-order chi connectivity index (χ1) is 15.2. The van der Waals surface area contributed by atoms with E-state index in [1.807, 2.05) is 0 Å². The summed E-state index contributed by atoms with van der Waals surface area (Å²) in [5.74, 6) is -0.215. The molecule has 4 rings (SSSR count). The summed E-state index contributed by atoms with van der Waals surface area (Å²) in [6, 6.07) is 13.0. The Morgan fingerprint density at radius 2 is 1.81 bits per heavy atom. The van der Waals surface area contributed by atoms with Crippen molar-refractivity contribution in [2.45, 2.75) is 6.18 Å². The Kier molecular flexibility index (Phi) is 5.70. The first kappa shape index (κ1) is 21.9. The zero-order valence-electron chi connectivity index (χ0n) is 16.2. The van der Waals surface area contributed by atoms with Crippen molar-refractivity contribution in [3.63, 3.8) is 0 Å². The fourth-order valence-corrected chi connectivity index (χ4v) is 3.33. The fourth-order valence-electron chi connectivity index (χ4n) is 2.98. The van der Waals surface area contributed by atoms with Gasteiger partial charge in [0.15, 0.2) is 17.0 Å². The summed E-state index contributed by atoms with van der Waals surface area (Å²) >= 11 is 12.0. The highest BCUT2D eigenvalue weighted by molar-refractivity contribution is 6.44. The highest BCUT2D eigenvalue weighted by Gasteiger charge is 2.35. The highest BCUT2D eigenvalue weighted by Crippen LogP contribution is 2.33. The number of amides is 1. The number of aromatic nitrogens is 3. The van der Waals surface area contributed by atoms with Gasteiger partial charge >= 0.3 is 6.18 Å². The Bertz CT molecular complexity index is 1320. The van der Waals surface area contributed by atoms with Gasteiger partial charge in [0.1, 0.15) is 5.75 Å². The van der Waals surface area contributed by atoms with Crippen molar-refractivity contribution < 1.29 is 22.7 Å². The van der Waals surface area contributed by atoms with Crippen molar-refractivity contribution in [3.8, 4) is 17.0 Å². The minimum absolute atomic E-state index is 0.0669. The molecule has 2 heterocycles. The van der Waals surface area contributed by atoms with Crippen LogP contribution in [0, 0.1) is 0 Å². The number of hydrogen-bond donors (Lipinski definition) is 1. The van der Waals surface area contributed by atoms with Gasteiger partial charge in [-0.25, -0.2) is 9.50 Å². The lowest BCUT2D eigenvalue weighted by molar-refractivity contribution is -0.142.